The molecule has 0 aromatic carbocycles. The number of hydrogen-bond acceptors (Lipinski definition) is 6. The van der Waals surface area contributed by atoms with Gasteiger partial charge in [0.2, 0.25) is 10.0 Å². The molecular formula is C17H20N4O4S. The highest BCUT2D eigenvalue weighted by atomic mass is 32.2. The van der Waals surface area contributed by atoms with E-state index in [0.29, 0.717) is 30.8 Å². The number of carboxylic acid groups (broad SMARTS) is 1. The van der Waals surface area contributed by atoms with Crippen LogP contribution in [0.4, 0.5) is 0 Å². The van der Waals surface area contributed by atoms with Crippen molar-refractivity contribution in [3.05, 3.63) is 42.1 Å². The summed E-state index contributed by atoms with van der Waals surface area (Å²) in [4.78, 5) is 23.8. The van der Waals surface area contributed by atoms with Gasteiger partial charge in [-0.15, -0.1) is 0 Å². The minimum absolute atomic E-state index is 0.0887. The zero-order valence-corrected chi connectivity index (χ0v) is 15.2. The predicted octanol–water partition coefficient (Wildman–Crippen LogP) is 1.45. The van der Waals surface area contributed by atoms with E-state index in [0.717, 1.165) is 18.5 Å². The normalized spacial score (nSPS) is 18.6. The largest absolute Gasteiger partial charge is 0.478 e. The molecule has 0 amide bonds. The van der Waals surface area contributed by atoms with Crippen molar-refractivity contribution in [2.45, 2.75) is 19.3 Å². The molecule has 0 aliphatic carbocycles. The van der Waals surface area contributed by atoms with E-state index >= 15 is 0 Å². The fourth-order valence-electron chi connectivity index (χ4n) is 3.13. The molecule has 1 aliphatic rings. The van der Waals surface area contributed by atoms with Gasteiger partial charge in [-0.1, -0.05) is 0 Å². The Morgan fingerprint density at radius 2 is 2.04 bits per heavy atom. The van der Waals surface area contributed by atoms with Crippen molar-refractivity contribution in [3.8, 4) is 11.3 Å². The van der Waals surface area contributed by atoms with E-state index in [9.17, 15) is 13.2 Å². The van der Waals surface area contributed by atoms with Gasteiger partial charge in [-0.05, 0) is 31.2 Å². The number of nitrogens with zero attached hydrogens (tertiary/aromatic N) is 4. The number of rotatable bonds is 5. The van der Waals surface area contributed by atoms with Crippen LogP contribution in [-0.2, 0) is 16.4 Å². The van der Waals surface area contributed by atoms with Crippen LogP contribution in [0.1, 0.15) is 28.9 Å². The van der Waals surface area contributed by atoms with E-state index in [4.69, 9.17) is 5.11 Å². The molecule has 2 aromatic heterocycles. The number of piperidine rings is 1. The van der Waals surface area contributed by atoms with Gasteiger partial charge >= 0.3 is 5.97 Å². The molecule has 0 saturated carbocycles. The van der Waals surface area contributed by atoms with E-state index in [-0.39, 0.29) is 11.5 Å². The second-order valence-electron chi connectivity index (χ2n) is 6.50. The molecule has 3 heterocycles. The summed E-state index contributed by atoms with van der Waals surface area (Å²) in [7, 11) is -3.18. The maximum absolute atomic E-state index is 11.8. The van der Waals surface area contributed by atoms with E-state index in [1.165, 1.54) is 22.8 Å². The molecule has 9 heteroatoms. The summed E-state index contributed by atoms with van der Waals surface area (Å²) in [6.07, 6.45) is 9.69. The first-order valence-corrected chi connectivity index (χ1v) is 10.1. The predicted molar refractivity (Wildman–Crippen MR) is 95.1 cm³/mol. The van der Waals surface area contributed by atoms with Crippen molar-refractivity contribution in [3.63, 3.8) is 0 Å². The lowest BCUT2D eigenvalue weighted by Crippen LogP contribution is -2.39. The molecule has 138 valence electrons. The number of sulfonamides is 1. The molecular weight excluding hydrogens is 356 g/mol. The topological polar surface area (TPSA) is 113 Å². The maximum atomic E-state index is 11.8. The Kier molecular flexibility index (Phi) is 5.28. The Balaban J connectivity index is 1.77. The average Bonchev–Trinajstić information content (AvgIpc) is 2.61. The lowest BCUT2D eigenvalue weighted by atomic mass is 9.95. The van der Waals surface area contributed by atoms with Crippen molar-refractivity contribution < 1.29 is 18.3 Å². The van der Waals surface area contributed by atoms with Crippen LogP contribution in [0.5, 0.6) is 0 Å². The second kappa shape index (κ2) is 7.46. The van der Waals surface area contributed by atoms with E-state index in [2.05, 4.69) is 15.0 Å². The molecule has 1 atom stereocenters. The van der Waals surface area contributed by atoms with Crippen molar-refractivity contribution >= 4 is 16.0 Å². The van der Waals surface area contributed by atoms with Crippen molar-refractivity contribution in [2.75, 3.05) is 19.3 Å². The highest BCUT2D eigenvalue weighted by molar-refractivity contribution is 7.88. The van der Waals surface area contributed by atoms with Crippen LogP contribution in [0.3, 0.4) is 0 Å². The minimum atomic E-state index is -3.18. The van der Waals surface area contributed by atoms with Gasteiger partial charge in [0.1, 0.15) is 0 Å². The average molecular weight is 376 g/mol. The lowest BCUT2D eigenvalue weighted by Gasteiger charge is -2.30. The summed E-state index contributed by atoms with van der Waals surface area (Å²) in [6.45, 7) is 1.05. The van der Waals surface area contributed by atoms with Crippen LogP contribution < -0.4 is 0 Å². The smallest absolute Gasteiger partial charge is 0.337 e. The molecule has 0 unspecified atom stereocenters. The highest BCUT2D eigenvalue weighted by Gasteiger charge is 2.26. The van der Waals surface area contributed by atoms with Crippen molar-refractivity contribution in [2.24, 2.45) is 5.92 Å². The molecule has 1 saturated heterocycles. The number of aromatic carboxylic acids is 1. The standard InChI is InChI=1S/C17H20N4O4S/c1-26(24,25)21-4-2-3-12(11-21)5-15-9-19-10-16(20-15)13-6-14(17(22)23)8-18-7-13/h6-10,12H,2-5,11H2,1H3,(H,22,23)/t12-/m1/s1. The summed E-state index contributed by atoms with van der Waals surface area (Å²) in [6, 6.07) is 1.51. The third kappa shape index (κ3) is 4.41. The summed E-state index contributed by atoms with van der Waals surface area (Å²) < 4.78 is 25.0. The third-order valence-electron chi connectivity index (χ3n) is 4.41. The second-order valence-corrected chi connectivity index (χ2v) is 8.48. The summed E-state index contributed by atoms with van der Waals surface area (Å²) in [5.41, 5.74) is 1.98. The van der Waals surface area contributed by atoms with E-state index < -0.39 is 16.0 Å². The molecule has 0 bridgehead atoms. The van der Waals surface area contributed by atoms with Gasteiger partial charge in [0.15, 0.2) is 0 Å². The van der Waals surface area contributed by atoms with Gasteiger partial charge in [-0.2, -0.15) is 0 Å². The first kappa shape index (κ1) is 18.4. The maximum Gasteiger partial charge on any atom is 0.337 e. The first-order valence-electron chi connectivity index (χ1n) is 8.27. The third-order valence-corrected chi connectivity index (χ3v) is 5.68. The SMILES string of the molecule is CS(=O)(=O)N1CCC[C@H](Cc2cncc(-c3cncc(C(=O)O)c3)n2)C1. The molecule has 1 N–H and O–H groups in total. The quantitative estimate of drug-likeness (QED) is 0.840. The zero-order chi connectivity index (χ0) is 18.7. The minimum Gasteiger partial charge on any atom is -0.478 e. The number of pyridine rings is 1. The van der Waals surface area contributed by atoms with Gasteiger partial charge in [-0.25, -0.2) is 22.5 Å². The number of hydrogen-bond donors (Lipinski definition) is 1. The van der Waals surface area contributed by atoms with E-state index in [1.807, 2.05) is 0 Å². The molecule has 0 spiro atoms. The van der Waals surface area contributed by atoms with Gasteiger partial charge < -0.3 is 5.11 Å². The monoisotopic (exact) mass is 376 g/mol. The van der Waals surface area contributed by atoms with Crippen LogP contribution >= 0.6 is 0 Å². The van der Waals surface area contributed by atoms with Crippen LogP contribution in [0.2, 0.25) is 0 Å². The Hall–Kier alpha value is -2.39. The van der Waals surface area contributed by atoms with Crippen LogP contribution in [-0.4, -0.2) is 58.1 Å². The number of carbonyl (C=O) groups is 1. The summed E-state index contributed by atoms with van der Waals surface area (Å²) in [5.74, 6) is -0.863. The van der Waals surface area contributed by atoms with Crippen LogP contribution in [0, 0.1) is 5.92 Å². The Morgan fingerprint density at radius 3 is 2.77 bits per heavy atom. The van der Waals surface area contributed by atoms with Crippen LogP contribution in [0.25, 0.3) is 11.3 Å². The Labute approximate surface area is 152 Å². The lowest BCUT2D eigenvalue weighted by molar-refractivity contribution is 0.0696. The Morgan fingerprint density at radius 1 is 1.27 bits per heavy atom. The van der Waals surface area contributed by atoms with E-state index in [1.54, 1.807) is 18.6 Å². The molecule has 2 aromatic rings. The summed E-state index contributed by atoms with van der Waals surface area (Å²) in [5, 5.41) is 9.09. The summed E-state index contributed by atoms with van der Waals surface area (Å²) >= 11 is 0. The fraction of sp³-hybridized carbons (Fsp3) is 0.412. The Bertz CT molecular complexity index is 916. The fourth-order valence-corrected chi connectivity index (χ4v) is 4.07. The number of aromatic nitrogens is 3. The van der Waals surface area contributed by atoms with Crippen molar-refractivity contribution in [1.82, 2.24) is 19.3 Å². The highest BCUT2D eigenvalue weighted by Crippen LogP contribution is 2.23. The molecule has 3 rings (SSSR count). The van der Waals surface area contributed by atoms with Crippen molar-refractivity contribution in [1.29, 1.82) is 0 Å². The van der Waals surface area contributed by atoms with Gasteiger partial charge in [0.05, 0.1) is 29.4 Å². The molecule has 8 nitrogen and oxygen atoms in total. The van der Waals surface area contributed by atoms with Gasteiger partial charge in [0, 0.05) is 37.2 Å². The number of carboxylic acids is 1. The zero-order valence-electron chi connectivity index (χ0n) is 14.4. The van der Waals surface area contributed by atoms with Gasteiger partial charge in [0.25, 0.3) is 0 Å². The van der Waals surface area contributed by atoms with Gasteiger partial charge in [-0.3, -0.25) is 9.97 Å². The molecule has 0 radical (unpaired) electrons. The first-order chi connectivity index (χ1) is 12.3. The molecule has 1 aliphatic heterocycles. The van der Waals surface area contributed by atoms with Crippen LogP contribution in [0.15, 0.2) is 30.9 Å². The molecule has 26 heavy (non-hydrogen) atoms. The molecule has 1 fully saturated rings.